The summed E-state index contributed by atoms with van der Waals surface area (Å²) < 4.78 is 4.99. The third-order valence-electron chi connectivity index (χ3n) is 3.91. The molecule has 2 rings (SSSR count). The molecule has 150 valence electrons. The smallest absolute Gasteiger partial charge is 0.303 e. The lowest BCUT2D eigenvalue weighted by Gasteiger charge is -2.11. The van der Waals surface area contributed by atoms with Crippen LogP contribution in [0, 0.1) is 13.8 Å². The van der Waals surface area contributed by atoms with Crippen LogP contribution in [0.1, 0.15) is 41.2 Å². The fourth-order valence-corrected chi connectivity index (χ4v) is 3.07. The Balaban J connectivity index is 0.00000338. The summed E-state index contributed by atoms with van der Waals surface area (Å²) in [6.07, 6.45) is 2.64. The SMILES string of the molecule is CCN(C)C=Nc1cc(C)c(Cc2nc(COC(C)=O)cs2)cc1C.Cl.Cl. The number of aromatic nitrogens is 1. The third kappa shape index (κ3) is 7.87. The first-order valence-corrected chi connectivity index (χ1v) is 9.18. The third-order valence-corrected chi connectivity index (χ3v) is 4.81. The van der Waals surface area contributed by atoms with Gasteiger partial charge < -0.3 is 9.64 Å². The number of esters is 1. The van der Waals surface area contributed by atoms with Gasteiger partial charge in [0, 0.05) is 32.3 Å². The zero-order chi connectivity index (χ0) is 18.4. The number of aliphatic imine (C=N–C) groups is 1. The first-order valence-electron chi connectivity index (χ1n) is 8.30. The number of carbonyl (C=O) groups excluding carboxylic acids is 1. The molecule has 1 aromatic heterocycles. The van der Waals surface area contributed by atoms with E-state index in [9.17, 15) is 4.79 Å². The van der Waals surface area contributed by atoms with Gasteiger partial charge >= 0.3 is 5.97 Å². The quantitative estimate of drug-likeness (QED) is 0.356. The number of carbonyl (C=O) groups is 1. The first-order chi connectivity index (χ1) is 11.9. The van der Waals surface area contributed by atoms with E-state index in [-0.39, 0.29) is 37.4 Å². The second-order valence-corrected chi connectivity index (χ2v) is 7.02. The van der Waals surface area contributed by atoms with Gasteiger partial charge in [0.2, 0.25) is 0 Å². The molecule has 5 nitrogen and oxygen atoms in total. The maximum Gasteiger partial charge on any atom is 0.303 e. The van der Waals surface area contributed by atoms with Crippen molar-refractivity contribution in [2.24, 2.45) is 4.99 Å². The van der Waals surface area contributed by atoms with Gasteiger partial charge in [-0.1, -0.05) is 6.07 Å². The first kappa shape index (κ1) is 25.4. The lowest BCUT2D eigenvalue weighted by molar-refractivity contribution is -0.142. The summed E-state index contributed by atoms with van der Waals surface area (Å²) in [7, 11) is 2.01. The van der Waals surface area contributed by atoms with Gasteiger partial charge in [-0.05, 0) is 43.5 Å². The normalized spacial score (nSPS) is 10.3. The Bertz CT molecular complexity index is 778. The number of aryl methyl sites for hydroxylation is 2. The molecule has 1 aromatic carbocycles. The van der Waals surface area contributed by atoms with E-state index in [1.54, 1.807) is 11.3 Å². The Morgan fingerprint density at radius 3 is 2.63 bits per heavy atom. The molecule has 0 aliphatic heterocycles. The molecule has 0 N–H and O–H groups in total. The number of halogens is 2. The van der Waals surface area contributed by atoms with E-state index in [1.807, 2.05) is 23.7 Å². The van der Waals surface area contributed by atoms with E-state index in [4.69, 9.17) is 4.74 Å². The summed E-state index contributed by atoms with van der Waals surface area (Å²) in [4.78, 5) is 22.0. The predicted molar refractivity (Wildman–Crippen MR) is 117 cm³/mol. The summed E-state index contributed by atoms with van der Waals surface area (Å²) in [6.45, 7) is 8.85. The molecule has 1 heterocycles. The van der Waals surface area contributed by atoms with Gasteiger partial charge in [0.05, 0.1) is 22.7 Å². The van der Waals surface area contributed by atoms with E-state index in [2.05, 4.69) is 42.9 Å². The molecule has 0 saturated carbocycles. The van der Waals surface area contributed by atoms with Gasteiger partial charge in [-0.3, -0.25) is 4.79 Å². The molecule has 0 aliphatic carbocycles. The number of hydrogen-bond acceptors (Lipinski definition) is 5. The standard InChI is InChI=1S/C19H25N3O2S.2ClH/c1-6-22(5)12-20-18-8-13(2)16(7-14(18)3)9-19-21-17(11-25-19)10-24-15(4)23;;/h7-8,11-12H,6,9-10H2,1-5H3;2*1H. The Hall–Kier alpha value is -1.63. The minimum atomic E-state index is -0.286. The number of hydrogen-bond donors (Lipinski definition) is 0. The van der Waals surface area contributed by atoms with Gasteiger partial charge in [0.1, 0.15) is 6.61 Å². The lowest BCUT2D eigenvalue weighted by Crippen LogP contribution is -2.14. The van der Waals surface area contributed by atoms with Crippen LogP contribution in [0.3, 0.4) is 0 Å². The molecule has 8 heteroatoms. The van der Waals surface area contributed by atoms with Gasteiger partial charge in [-0.2, -0.15) is 0 Å². The minimum absolute atomic E-state index is 0. The molecule has 0 amide bonds. The van der Waals surface area contributed by atoms with Crippen molar-refractivity contribution in [2.45, 2.75) is 40.7 Å². The molecule has 2 aromatic rings. The van der Waals surface area contributed by atoms with Crippen LogP contribution in [0.2, 0.25) is 0 Å². The Morgan fingerprint density at radius 1 is 1.30 bits per heavy atom. The summed E-state index contributed by atoms with van der Waals surface area (Å²) in [6, 6.07) is 4.30. The van der Waals surface area contributed by atoms with E-state index in [0.717, 1.165) is 34.9 Å². The lowest BCUT2D eigenvalue weighted by atomic mass is 10.0. The highest BCUT2D eigenvalue weighted by Gasteiger charge is 2.09. The molecule has 0 saturated heterocycles. The zero-order valence-corrected chi connectivity index (χ0v) is 18.8. The largest absolute Gasteiger partial charge is 0.459 e. The maximum atomic E-state index is 10.9. The molecule has 27 heavy (non-hydrogen) atoms. The number of thiazole rings is 1. The summed E-state index contributed by atoms with van der Waals surface area (Å²) in [5.41, 5.74) is 5.39. The van der Waals surface area contributed by atoms with Crippen molar-refractivity contribution in [3.05, 3.63) is 44.9 Å². The average Bonchev–Trinajstić information content (AvgIpc) is 3.02. The molecular weight excluding hydrogens is 405 g/mol. The van der Waals surface area contributed by atoms with Gasteiger partial charge in [0.25, 0.3) is 0 Å². The zero-order valence-electron chi connectivity index (χ0n) is 16.3. The monoisotopic (exact) mass is 431 g/mol. The molecule has 0 radical (unpaired) electrons. The van der Waals surface area contributed by atoms with Crippen molar-refractivity contribution in [3.63, 3.8) is 0 Å². The van der Waals surface area contributed by atoms with Gasteiger partial charge in [-0.25, -0.2) is 9.98 Å². The van der Waals surface area contributed by atoms with Crippen LogP contribution in [0.5, 0.6) is 0 Å². The van der Waals surface area contributed by atoms with Crippen molar-refractivity contribution in [1.82, 2.24) is 9.88 Å². The Kier molecular flexibility index (Phi) is 11.2. The van der Waals surface area contributed by atoms with E-state index < -0.39 is 0 Å². The van der Waals surface area contributed by atoms with Crippen LogP contribution in [0.4, 0.5) is 5.69 Å². The molecule has 0 bridgehead atoms. The summed E-state index contributed by atoms with van der Waals surface area (Å²) in [5.74, 6) is -0.286. The molecular formula is C19H27Cl2N3O2S. The van der Waals surface area contributed by atoms with Crippen LogP contribution in [-0.2, 0) is 22.6 Å². The highest BCUT2D eigenvalue weighted by Crippen LogP contribution is 2.26. The number of rotatable bonds is 7. The van der Waals surface area contributed by atoms with Crippen LogP contribution in [-0.4, -0.2) is 35.8 Å². The minimum Gasteiger partial charge on any atom is -0.459 e. The van der Waals surface area contributed by atoms with Crippen LogP contribution in [0.25, 0.3) is 0 Å². The predicted octanol–water partition coefficient (Wildman–Crippen LogP) is 4.87. The van der Waals surface area contributed by atoms with Crippen LogP contribution in [0.15, 0.2) is 22.5 Å². The van der Waals surface area contributed by atoms with Crippen molar-refractivity contribution in [2.75, 3.05) is 13.6 Å². The molecule has 0 aliphatic rings. The highest BCUT2D eigenvalue weighted by atomic mass is 35.5. The fourth-order valence-electron chi connectivity index (χ4n) is 2.27. The highest BCUT2D eigenvalue weighted by molar-refractivity contribution is 7.09. The second-order valence-electron chi connectivity index (χ2n) is 6.07. The van der Waals surface area contributed by atoms with Gasteiger partial charge in [-0.15, -0.1) is 36.2 Å². The number of nitrogens with zero attached hydrogens (tertiary/aromatic N) is 3. The number of ether oxygens (including phenoxy) is 1. The Labute approximate surface area is 177 Å². The molecule has 0 spiro atoms. The second kappa shape index (κ2) is 12.0. The van der Waals surface area contributed by atoms with Crippen molar-refractivity contribution in [3.8, 4) is 0 Å². The molecule has 0 atom stereocenters. The molecule has 0 fully saturated rings. The van der Waals surface area contributed by atoms with Gasteiger partial charge in [0.15, 0.2) is 0 Å². The summed E-state index contributed by atoms with van der Waals surface area (Å²) in [5, 5.41) is 2.96. The van der Waals surface area contributed by atoms with Crippen molar-refractivity contribution < 1.29 is 9.53 Å². The van der Waals surface area contributed by atoms with Crippen molar-refractivity contribution in [1.29, 1.82) is 0 Å². The fraction of sp³-hybridized carbons (Fsp3) is 0.421. The van der Waals surface area contributed by atoms with Crippen molar-refractivity contribution >= 4 is 54.1 Å². The number of benzene rings is 1. The average molecular weight is 432 g/mol. The van der Waals surface area contributed by atoms with E-state index >= 15 is 0 Å². The maximum absolute atomic E-state index is 10.9. The van der Waals surface area contributed by atoms with E-state index in [0.29, 0.717) is 0 Å². The topological polar surface area (TPSA) is 54.8 Å². The van der Waals surface area contributed by atoms with Crippen LogP contribution >= 0.6 is 36.2 Å². The summed E-state index contributed by atoms with van der Waals surface area (Å²) >= 11 is 1.59. The Morgan fingerprint density at radius 2 is 2.00 bits per heavy atom. The van der Waals surface area contributed by atoms with E-state index in [1.165, 1.54) is 18.1 Å². The van der Waals surface area contributed by atoms with Crippen LogP contribution < -0.4 is 0 Å². The molecule has 0 unspecified atom stereocenters.